The highest BCUT2D eigenvalue weighted by Crippen LogP contribution is 2.36. The second kappa shape index (κ2) is 7.19. The Kier molecular flexibility index (Phi) is 5.28. The molecule has 1 unspecified atom stereocenters. The van der Waals surface area contributed by atoms with Gasteiger partial charge in [-0.1, -0.05) is 29.3 Å². The lowest BCUT2D eigenvalue weighted by molar-refractivity contribution is -0.00129. The molecular formula is C16H21Cl2NO2. The molecule has 2 aliphatic heterocycles. The third-order valence-corrected chi connectivity index (χ3v) is 5.27. The number of rotatable bonds is 4. The zero-order valence-corrected chi connectivity index (χ0v) is 13.5. The molecule has 0 aliphatic carbocycles. The molecule has 2 atom stereocenters. The number of hydrogen-bond donors (Lipinski definition) is 1. The van der Waals surface area contributed by atoms with Gasteiger partial charge in [0.1, 0.15) is 16.9 Å². The third kappa shape index (κ3) is 3.65. The van der Waals surface area contributed by atoms with Gasteiger partial charge in [-0.25, -0.2) is 0 Å². The van der Waals surface area contributed by atoms with E-state index in [0.29, 0.717) is 27.6 Å². The summed E-state index contributed by atoms with van der Waals surface area (Å²) in [5.41, 5.74) is 0. The summed E-state index contributed by atoms with van der Waals surface area (Å²) < 4.78 is 11.8. The van der Waals surface area contributed by atoms with Crippen LogP contribution in [0, 0.1) is 11.8 Å². The van der Waals surface area contributed by atoms with Crippen LogP contribution in [0.3, 0.4) is 0 Å². The molecule has 0 saturated carbocycles. The van der Waals surface area contributed by atoms with E-state index in [1.165, 1.54) is 0 Å². The third-order valence-electron chi connectivity index (χ3n) is 4.47. The summed E-state index contributed by atoms with van der Waals surface area (Å²) in [6, 6.07) is 5.58. The quantitative estimate of drug-likeness (QED) is 0.911. The summed E-state index contributed by atoms with van der Waals surface area (Å²) in [4.78, 5) is 0. The lowest BCUT2D eigenvalue weighted by atomic mass is 9.85. The Morgan fingerprint density at radius 1 is 1.14 bits per heavy atom. The van der Waals surface area contributed by atoms with E-state index in [1.807, 2.05) is 12.1 Å². The normalized spacial score (nSPS) is 25.0. The van der Waals surface area contributed by atoms with Gasteiger partial charge in [0, 0.05) is 31.6 Å². The number of ether oxygens (including phenoxy) is 2. The van der Waals surface area contributed by atoms with E-state index in [1.54, 1.807) is 6.07 Å². The van der Waals surface area contributed by atoms with Gasteiger partial charge in [0.05, 0.1) is 5.02 Å². The second-order valence-corrected chi connectivity index (χ2v) is 6.62. The van der Waals surface area contributed by atoms with Gasteiger partial charge < -0.3 is 14.8 Å². The first-order valence-electron chi connectivity index (χ1n) is 7.65. The van der Waals surface area contributed by atoms with E-state index in [2.05, 4.69) is 5.32 Å². The summed E-state index contributed by atoms with van der Waals surface area (Å²) in [6.07, 6.45) is 3.44. The van der Waals surface area contributed by atoms with Gasteiger partial charge >= 0.3 is 0 Å². The van der Waals surface area contributed by atoms with Crippen molar-refractivity contribution in [2.75, 3.05) is 26.3 Å². The molecule has 0 aromatic heterocycles. The number of hydrogen-bond acceptors (Lipinski definition) is 3. The highest BCUT2D eigenvalue weighted by molar-refractivity contribution is 6.42. The molecule has 116 valence electrons. The van der Waals surface area contributed by atoms with E-state index >= 15 is 0 Å². The lowest BCUT2D eigenvalue weighted by Gasteiger charge is -2.34. The van der Waals surface area contributed by atoms with E-state index < -0.39 is 0 Å². The maximum Gasteiger partial charge on any atom is 0.139 e. The summed E-state index contributed by atoms with van der Waals surface area (Å²) >= 11 is 12.4. The Morgan fingerprint density at radius 2 is 1.95 bits per heavy atom. The van der Waals surface area contributed by atoms with E-state index in [9.17, 15) is 0 Å². The maximum atomic E-state index is 6.34. The SMILES string of the molecule is Clc1cccc(O[C@H](C2CCOCC2)C2CCNC2)c1Cl. The highest BCUT2D eigenvalue weighted by Gasteiger charge is 2.34. The fourth-order valence-corrected chi connectivity index (χ4v) is 3.64. The van der Waals surface area contributed by atoms with E-state index in [-0.39, 0.29) is 6.10 Å². The summed E-state index contributed by atoms with van der Waals surface area (Å²) in [5, 5.41) is 4.50. The predicted octanol–water partition coefficient (Wildman–Crippen LogP) is 3.78. The van der Waals surface area contributed by atoms with Crippen LogP contribution in [-0.2, 0) is 4.74 Å². The van der Waals surface area contributed by atoms with Gasteiger partial charge in [-0.15, -0.1) is 0 Å². The van der Waals surface area contributed by atoms with Crippen molar-refractivity contribution >= 4 is 23.2 Å². The highest BCUT2D eigenvalue weighted by atomic mass is 35.5. The predicted molar refractivity (Wildman–Crippen MR) is 85.4 cm³/mol. The Hall–Kier alpha value is -0.480. The van der Waals surface area contributed by atoms with Gasteiger partial charge in [0.2, 0.25) is 0 Å². The summed E-state index contributed by atoms with van der Waals surface area (Å²) in [6.45, 7) is 3.74. The maximum absolute atomic E-state index is 6.34. The number of halogens is 2. The Balaban J connectivity index is 1.79. The molecule has 0 radical (unpaired) electrons. The number of nitrogens with one attached hydrogen (secondary N) is 1. The molecule has 5 heteroatoms. The topological polar surface area (TPSA) is 30.5 Å². The molecule has 2 heterocycles. The van der Waals surface area contributed by atoms with Crippen LogP contribution in [0.4, 0.5) is 0 Å². The molecule has 2 fully saturated rings. The van der Waals surface area contributed by atoms with Crippen molar-refractivity contribution in [3.05, 3.63) is 28.2 Å². The fraction of sp³-hybridized carbons (Fsp3) is 0.625. The van der Waals surface area contributed by atoms with Crippen molar-refractivity contribution in [1.82, 2.24) is 5.32 Å². The zero-order valence-electron chi connectivity index (χ0n) is 12.0. The molecule has 1 aromatic rings. The van der Waals surface area contributed by atoms with Crippen LogP contribution in [0.5, 0.6) is 5.75 Å². The summed E-state index contributed by atoms with van der Waals surface area (Å²) in [5.74, 6) is 1.76. The Morgan fingerprint density at radius 3 is 2.67 bits per heavy atom. The van der Waals surface area contributed by atoms with Crippen LogP contribution in [-0.4, -0.2) is 32.4 Å². The van der Waals surface area contributed by atoms with Crippen molar-refractivity contribution in [2.45, 2.75) is 25.4 Å². The Labute approximate surface area is 135 Å². The molecule has 3 nitrogen and oxygen atoms in total. The first-order chi connectivity index (χ1) is 10.3. The van der Waals surface area contributed by atoms with Crippen molar-refractivity contribution in [2.24, 2.45) is 11.8 Å². The molecule has 0 spiro atoms. The van der Waals surface area contributed by atoms with Gasteiger partial charge in [-0.05, 0) is 37.9 Å². The average Bonchev–Trinajstić information content (AvgIpc) is 3.04. The van der Waals surface area contributed by atoms with Gasteiger partial charge in [0.25, 0.3) is 0 Å². The monoisotopic (exact) mass is 329 g/mol. The first-order valence-corrected chi connectivity index (χ1v) is 8.40. The van der Waals surface area contributed by atoms with Crippen molar-refractivity contribution < 1.29 is 9.47 Å². The molecule has 0 bridgehead atoms. The second-order valence-electron chi connectivity index (χ2n) is 5.84. The molecule has 1 N–H and O–H groups in total. The van der Waals surface area contributed by atoms with Crippen LogP contribution in [0.1, 0.15) is 19.3 Å². The standard InChI is InChI=1S/C16H21Cl2NO2/c17-13-2-1-3-14(15(13)18)21-16(12-4-7-19-10-12)11-5-8-20-9-6-11/h1-3,11-12,16,19H,4-10H2/t12?,16-/m1/s1. The largest absolute Gasteiger partial charge is 0.488 e. The minimum atomic E-state index is 0.180. The van der Waals surface area contributed by atoms with Gasteiger partial charge in [0.15, 0.2) is 0 Å². The lowest BCUT2D eigenvalue weighted by Crippen LogP contribution is -2.39. The minimum absolute atomic E-state index is 0.180. The van der Waals surface area contributed by atoms with Crippen LogP contribution in [0.15, 0.2) is 18.2 Å². The fourth-order valence-electron chi connectivity index (χ4n) is 3.30. The van der Waals surface area contributed by atoms with Crippen molar-refractivity contribution in [3.63, 3.8) is 0 Å². The van der Waals surface area contributed by atoms with Crippen LogP contribution in [0.2, 0.25) is 10.0 Å². The molecule has 3 rings (SSSR count). The molecular weight excluding hydrogens is 309 g/mol. The van der Waals surface area contributed by atoms with Crippen LogP contribution < -0.4 is 10.1 Å². The minimum Gasteiger partial charge on any atom is -0.488 e. The van der Waals surface area contributed by atoms with Crippen LogP contribution in [0.25, 0.3) is 0 Å². The van der Waals surface area contributed by atoms with Crippen molar-refractivity contribution in [1.29, 1.82) is 0 Å². The average molecular weight is 330 g/mol. The first kappa shape index (κ1) is 15.4. The van der Waals surface area contributed by atoms with Crippen LogP contribution >= 0.6 is 23.2 Å². The van der Waals surface area contributed by atoms with E-state index in [4.69, 9.17) is 32.7 Å². The molecule has 0 amide bonds. The Bertz CT molecular complexity index is 471. The van der Waals surface area contributed by atoms with Gasteiger partial charge in [-0.3, -0.25) is 0 Å². The zero-order chi connectivity index (χ0) is 14.7. The van der Waals surface area contributed by atoms with E-state index in [0.717, 1.165) is 45.6 Å². The van der Waals surface area contributed by atoms with Crippen molar-refractivity contribution in [3.8, 4) is 5.75 Å². The molecule has 2 aliphatic rings. The molecule has 1 aromatic carbocycles. The van der Waals surface area contributed by atoms with Gasteiger partial charge in [-0.2, -0.15) is 0 Å². The molecule has 2 saturated heterocycles. The molecule has 21 heavy (non-hydrogen) atoms. The number of benzene rings is 1. The smallest absolute Gasteiger partial charge is 0.139 e. The summed E-state index contributed by atoms with van der Waals surface area (Å²) in [7, 11) is 0.